The summed E-state index contributed by atoms with van der Waals surface area (Å²) in [6, 6.07) is 18.3. The van der Waals surface area contributed by atoms with Crippen LogP contribution in [0.3, 0.4) is 0 Å². The topological polar surface area (TPSA) is 61.8 Å². The van der Waals surface area contributed by atoms with E-state index in [1.54, 1.807) is 0 Å². The van der Waals surface area contributed by atoms with Crippen LogP contribution in [-0.4, -0.2) is 56.0 Å². The summed E-state index contributed by atoms with van der Waals surface area (Å²) in [5.41, 5.74) is 2.24. The van der Waals surface area contributed by atoms with Gasteiger partial charge in [-0.1, -0.05) is 62.4 Å². The molecular weight excluding hydrogens is 649 g/mol. The van der Waals surface area contributed by atoms with Crippen molar-refractivity contribution in [1.29, 1.82) is 0 Å². The minimum Gasteiger partial charge on any atom is -0.455 e. The molecule has 0 bridgehead atoms. The Morgan fingerprint density at radius 3 is 1.19 bits per heavy atom. The highest BCUT2D eigenvalue weighted by atomic mass is 28.4. The first-order valence-electron chi connectivity index (χ1n) is 17.8. The molecular formula is C38H66O5Si4. The van der Waals surface area contributed by atoms with Crippen LogP contribution in [0.25, 0.3) is 0 Å². The van der Waals surface area contributed by atoms with Gasteiger partial charge < -0.3 is 13.0 Å². The number of hydrogen-bond acceptors (Lipinski definition) is 5. The molecule has 5 nitrogen and oxygen atoms in total. The number of benzene rings is 2. The Morgan fingerprint density at radius 2 is 0.894 bits per heavy atom. The summed E-state index contributed by atoms with van der Waals surface area (Å²) in [6.07, 6.45) is 5.03. The van der Waals surface area contributed by atoms with Crippen molar-refractivity contribution in [2.45, 2.75) is 155 Å². The molecule has 2 unspecified atom stereocenters. The van der Waals surface area contributed by atoms with Gasteiger partial charge in [-0.2, -0.15) is 0 Å². The maximum Gasteiger partial charge on any atom is 0.193 e. The summed E-state index contributed by atoms with van der Waals surface area (Å²) in [7, 11) is -7.67. The zero-order valence-electron chi connectivity index (χ0n) is 32.3. The van der Waals surface area contributed by atoms with Crippen molar-refractivity contribution in [1.82, 2.24) is 0 Å². The Balaban J connectivity index is 2.04. The molecule has 0 fully saturated rings. The molecule has 264 valence electrons. The Morgan fingerprint density at radius 1 is 0.574 bits per heavy atom. The van der Waals surface area contributed by atoms with E-state index < -0.39 is 44.5 Å². The van der Waals surface area contributed by atoms with E-state index >= 15 is 0 Å². The second-order valence-corrected chi connectivity index (χ2v) is 34.6. The third-order valence-electron chi connectivity index (χ3n) is 8.90. The average Bonchev–Trinajstić information content (AvgIpc) is 2.94. The predicted octanol–water partition coefficient (Wildman–Crippen LogP) is 11.1. The zero-order chi connectivity index (χ0) is 35.9. The molecule has 0 aliphatic carbocycles. The van der Waals surface area contributed by atoms with Crippen LogP contribution in [0.5, 0.6) is 0 Å². The van der Waals surface area contributed by atoms with Crippen molar-refractivity contribution in [2.75, 3.05) is 0 Å². The summed E-state index contributed by atoms with van der Waals surface area (Å²) in [4.78, 5) is 27.6. The molecule has 2 aromatic rings. The zero-order valence-corrected chi connectivity index (χ0v) is 36.3. The van der Waals surface area contributed by atoms with Gasteiger partial charge in [0.25, 0.3) is 0 Å². The highest BCUT2D eigenvalue weighted by Crippen LogP contribution is 2.31. The fraction of sp³-hybridized carbons (Fsp3) is 0.632. The van der Waals surface area contributed by atoms with E-state index in [2.05, 4.69) is 77.6 Å². The van der Waals surface area contributed by atoms with Crippen LogP contribution in [0.1, 0.15) is 85.2 Å². The SMILES string of the molecule is CCC(C)(O[Si](C)(C)C)C(=O)c1ccccc1CCC[Si](C)(C)O[Si](C)(C)CCCc1ccccc1C(=O)C(C)(CC)O[Si](C)(C)C. The van der Waals surface area contributed by atoms with E-state index in [4.69, 9.17) is 13.0 Å². The second kappa shape index (κ2) is 16.5. The van der Waals surface area contributed by atoms with Gasteiger partial charge in [-0.3, -0.25) is 9.59 Å². The Hall–Kier alpha value is -1.47. The number of Topliss-reactive ketones (excluding diaryl/α,β-unsaturated/α-hetero) is 2. The smallest absolute Gasteiger partial charge is 0.193 e. The lowest BCUT2D eigenvalue weighted by Gasteiger charge is -2.35. The van der Waals surface area contributed by atoms with Gasteiger partial charge in [-0.25, -0.2) is 0 Å². The van der Waals surface area contributed by atoms with E-state index in [-0.39, 0.29) is 11.6 Å². The fourth-order valence-electron chi connectivity index (χ4n) is 6.66. The molecule has 0 spiro atoms. The normalized spacial score (nSPS) is 15.6. The molecule has 9 heteroatoms. The van der Waals surface area contributed by atoms with Crippen LogP contribution in [0.2, 0.25) is 77.6 Å². The number of aryl methyl sites for hydroxylation is 2. The minimum absolute atomic E-state index is 0.102. The van der Waals surface area contributed by atoms with Gasteiger partial charge >= 0.3 is 0 Å². The predicted molar refractivity (Wildman–Crippen MR) is 210 cm³/mol. The van der Waals surface area contributed by atoms with Gasteiger partial charge in [-0.15, -0.1) is 0 Å². The van der Waals surface area contributed by atoms with Crippen LogP contribution in [0, 0.1) is 0 Å². The molecule has 0 saturated heterocycles. The van der Waals surface area contributed by atoms with Crippen molar-refractivity contribution >= 4 is 44.8 Å². The highest BCUT2D eigenvalue weighted by Gasteiger charge is 2.40. The molecule has 2 rings (SSSR count). The van der Waals surface area contributed by atoms with Crippen molar-refractivity contribution in [2.24, 2.45) is 0 Å². The monoisotopic (exact) mass is 714 g/mol. The molecule has 47 heavy (non-hydrogen) atoms. The molecule has 0 amide bonds. The second-order valence-electron chi connectivity index (χ2n) is 16.9. The number of carbonyl (C=O) groups is 2. The third kappa shape index (κ3) is 13.1. The number of hydrogen-bond donors (Lipinski definition) is 0. The Bertz CT molecular complexity index is 1240. The summed E-state index contributed by atoms with van der Waals surface area (Å²) in [5, 5.41) is 0. The van der Waals surface area contributed by atoms with Gasteiger partial charge in [0.05, 0.1) is 0 Å². The van der Waals surface area contributed by atoms with Crippen LogP contribution in [-0.2, 0) is 25.8 Å². The molecule has 0 aliphatic rings. The van der Waals surface area contributed by atoms with Crippen LogP contribution in [0.4, 0.5) is 0 Å². The third-order valence-corrected chi connectivity index (χ3v) is 18.6. The molecule has 2 aromatic carbocycles. The van der Waals surface area contributed by atoms with Crippen LogP contribution < -0.4 is 0 Å². The van der Waals surface area contributed by atoms with Crippen molar-refractivity contribution in [3.05, 3.63) is 70.8 Å². The van der Waals surface area contributed by atoms with Crippen LogP contribution in [0.15, 0.2) is 48.5 Å². The van der Waals surface area contributed by atoms with E-state index in [0.717, 1.165) is 60.0 Å². The highest BCUT2D eigenvalue weighted by molar-refractivity contribution is 6.84. The van der Waals surface area contributed by atoms with Crippen molar-refractivity contribution < 1.29 is 22.6 Å². The van der Waals surface area contributed by atoms with Gasteiger partial charge in [0, 0.05) is 11.1 Å². The molecule has 2 atom stereocenters. The van der Waals surface area contributed by atoms with Gasteiger partial charge in [-0.05, 0) is 141 Å². The molecule has 0 aliphatic heterocycles. The maximum atomic E-state index is 13.8. The lowest BCUT2D eigenvalue weighted by molar-refractivity contribution is 0.0471. The van der Waals surface area contributed by atoms with E-state index in [1.165, 1.54) is 0 Å². The Kier molecular flexibility index (Phi) is 14.6. The number of carbonyl (C=O) groups excluding carboxylic acids is 2. The van der Waals surface area contributed by atoms with Crippen molar-refractivity contribution in [3.8, 4) is 0 Å². The van der Waals surface area contributed by atoms with E-state index in [1.807, 2.05) is 64.1 Å². The number of rotatable bonds is 20. The van der Waals surface area contributed by atoms with Crippen molar-refractivity contribution in [3.63, 3.8) is 0 Å². The summed E-state index contributed by atoms with van der Waals surface area (Å²) < 4.78 is 19.9. The lowest BCUT2D eigenvalue weighted by Crippen LogP contribution is -2.46. The standard InChI is InChI=1S/C38H66O5Si4/c1-15-37(3,41-44(5,6)7)35(39)33-27-19-17-23-31(33)25-21-29-46(11,12)43-47(13,14)30-22-26-32-24-18-20-28-34(32)36(40)38(4,16-2)42-45(8,9)10/h17-20,23-24,27-28H,15-16,21-22,25-26,29-30H2,1-14H3. The van der Waals surface area contributed by atoms with Crippen LogP contribution >= 0.6 is 0 Å². The molecule has 0 aromatic heterocycles. The minimum atomic E-state index is -1.93. The first-order chi connectivity index (χ1) is 21.5. The fourth-order valence-corrected chi connectivity index (χ4v) is 18.7. The summed E-state index contributed by atoms with van der Waals surface area (Å²) >= 11 is 0. The molecule has 0 N–H and O–H groups in total. The van der Waals surface area contributed by atoms with E-state index in [9.17, 15) is 9.59 Å². The van der Waals surface area contributed by atoms with Gasteiger partial charge in [0.2, 0.25) is 0 Å². The quantitative estimate of drug-likeness (QED) is 0.101. The molecule has 0 radical (unpaired) electrons. The number of ketones is 2. The summed E-state index contributed by atoms with van der Waals surface area (Å²) in [6.45, 7) is 30.2. The molecule has 0 heterocycles. The van der Waals surface area contributed by atoms with Gasteiger partial charge in [0.15, 0.2) is 44.8 Å². The largest absolute Gasteiger partial charge is 0.455 e. The lowest BCUT2D eigenvalue weighted by atomic mass is 9.88. The Labute approximate surface area is 292 Å². The summed E-state index contributed by atoms with van der Waals surface area (Å²) in [5.74, 6) is 0.205. The van der Waals surface area contributed by atoms with Gasteiger partial charge in [0.1, 0.15) is 11.2 Å². The maximum absolute atomic E-state index is 13.8. The first-order valence-corrected chi connectivity index (χ1v) is 30.9. The average molecular weight is 715 g/mol. The first kappa shape index (κ1) is 41.7. The van der Waals surface area contributed by atoms with E-state index in [0.29, 0.717) is 12.8 Å². The molecule has 0 saturated carbocycles.